The van der Waals surface area contributed by atoms with Crippen molar-refractivity contribution < 1.29 is 9.59 Å². The molecule has 1 fully saturated rings. The molecule has 2 amide bonds. The maximum atomic E-state index is 12.0. The molecule has 3 rings (SSSR count). The summed E-state index contributed by atoms with van der Waals surface area (Å²) in [5, 5.41) is 8.99. The Morgan fingerprint density at radius 1 is 1.42 bits per heavy atom. The van der Waals surface area contributed by atoms with Gasteiger partial charge in [-0.3, -0.25) is 9.59 Å². The summed E-state index contributed by atoms with van der Waals surface area (Å²) in [7, 11) is 0. The van der Waals surface area contributed by atoms with Crippen molar-refractivity contribution in [2.24, 2.45) is 5.92 Å². The normalized spacial score (nSPS) is 21.1. The number of hydrogen-bond acceptors (Lipinski definition) is 3. The Morgan fingerprint density at radius 2 is 2.32 bits per heavy atom. The fourth-order valence-electron chi connectivity index (χ4n) is 2.58. The first-order chi connectivity index (χ1) is 9.22. The molecule has 0 aliphatic carbocycles. The molecule has 3 N–H and O–H groups in total. The standard InChI is InChI=1S/C14H17N3O2/c18-13-6-10-1-2-11(5-12(10)17-13)14(19)16-8-9-3-4-15-7-9/h1-2,5,9,15H,3-4,6-8H2,(H,16,19)(H,17,18). The zero-order valence-electron chi connectivity index (χ0n) is 10.7. The Morgan fingerprint density at radius 3 is 3.11 bits per heavy atom. The van der Waals surface area contributed by atoms with Crippen molar-refractivity contribution in [3.8, 4) is 0 Å². The van der Waals surface area contributed by atoms with Gasteiger partial charge in [-0.25, -0.2) is 0 Å². The lowest BCUT2D eigenvalue weighted by Crippen LogP contribution is -2.30. The number of amides is 2. The van der Waals surface area contributed by atoms with E-state index in [1.165, 1.54) is 0 Å². The Labute approximate surface area is 111 Å². The summed E-state index contributed by atoms with van der Waals surface area (Å²) >= 11 is 0. The van der Waals surface area contributed by atoms with Gasteiger partial charge in [0.05, 0.1) is 6.42 Å². The molecule has 2 heterocycles. The first-order valence-electron chi connectivity index (χ1n) is 6.64. The zero-order chi connectivity index (χ0) is 13.2. The number of carbonyl (C=O) groups is 2. The van der Waals surface area contributed by atoms with Gasteiger partial charge in [0.1, 0.15) is 0 Å². The average molecular weight is 259 g/mol. The molecular formula is C14H17N3O2. The van der Waals surface area contributed by atoms with Crippen LogP contribution in [0.15, 0.2) is 18.2 Å². The minimum atomic E-state index is -0.0733. The molecule has 1 unspecified atom stereocenters. The number of nitrogens with one attached hydrogen (secondary N) is 3. The van der Waals surface area contributed by atoms with Crippen molar-refractivity contribution in [3.05, 3.63) is 29.3 Å². The monoisotopic (exact) mass is 259 g/mol. The van der Waals surface area contributed by atoms with E-state index in [9.17, 15) is 9.59 Å². The summed E-state index contributed by atoms with van der Waals surface area (Å²) in [5.41, 5.74) is 2.33. The van der Waals surface area contributed by atoms with Crippen LogP contribution in [0.4, 0.5) is 5.69 Å². The summed E-state index contributed by atoms with van der Waals surface area (Å²) in [6.45, 7) is 2.71. The molecule has 1 atom stereocenters. The zero-order valence-corrected chi connectivity index (χ0v) is 10.7. The third-order valence-corrected chi connectivity index (χ3v) is 3.71. The second-order valence-corrected chi connectivity index (χ2v) is 5.17. The van der Waals surface area contributed by atoms with Gasteiger partial charge >= 0.3 is 0 Å². The van der Waals surface area contributed by atoms with E-state index in [-0.39, 0.29) is 11.8 Å². The predicted molar refractivity (Wildman–Crippen MR) is 72.1 cm³/mol. The lowest BCUT2D eigenvalue weighted by molar-refractivity contribution is -0.115. The van der Waals surface area contributed by atoms with Gasteiger partial charge in [-0.2, -0.15) is 0 Å². The predicted octanol–water partition coefficient (Wildman–Crippen LogP) is 0.520. The van der Waals surface area contributed by atoms with Crippen molar-refractivity contribution in [2.75, 3.05) is 25.0 Å². The fourth-order valence-corrected chi connectivity index (χ4v) is 2.58. The van der Waals surface area contributed by atoms with Gasteiger partial charge in [0, 0.05) is 17.8 Å². The highest BCUT2D eigenvalue weighted by Crippen LogP contribution is 2.23. The molecule has 0 bridgehead atoms. The van der Waals surface area contributed by atoms with E-state index < -0.39 is 0 Å². The number of anilines is 1. The van der Waals surface area contributed by atoms with E-state index in [1.54, 1.807) is 12.1 Å². The van der Waals surface area contributed by atoms with Gasteiger partial charge in [0.2, 0.25) is 5.91 Å². The van der Waals surface area contributed by atoms with Crippen LogP contribution in [0.25, 0.3) is 0 Å². The summed E-state index contributed by atoms with van der Waals surface area (Å²) in [4.78, 5) is 23.3. The topological polar surface area (TPSA) is 70.2 Å². The van der Waals surface area contributed by atoms with Crippen molar-refractivity contribution in [1.29, 1.82) is 0 Å². The third-order valence-electron chi connectivity index (χ3n) is 3.71. The summed E-state index contributed by atoms with van der Waals surface area (Å²) < 4.78 is 0. The Hall–Kier alpha value is -1.88. The van der Waals surface area contributed by atoms with Gasteiger partial charge in [0.25, 0.3) is 5.91 Å². The fraction of sp³-hybridized carbons (Fsp3) is 0.429. The van der Waals surface area contributed by atoms with E-state index in [0.717, 1.165) is 30.8 Å². The smallest absolute Gasteiger partial charge is 0.251 e. The molecule has 1 aromatic carbocycles. The largest absolute Gasteiger partial charge is 0.352 e. The lowest BCUT2D eigenvalue weighted by Gasteiger charge is -2.10. The van der Waals surface area contributed by atoms with Crippen LogP contribution in [0.3, 0.4) is 0 Å². The molecule has 1 saturated heterocycles. The Bertz CT molecular complexity index is 521. The van der Waals surface area contributed by atoms with Gasteiger partial charge in [-0.05, 0) is 43.1 Å². The molecular weight excluding hydrogens is 242 g/mol. The van der Waals surface area contributed by atoms with Crippen LogP contribution in [0.2, 0.25) is 0 Å². The maximum Gasteiger partial charge on any atom is 0.251 e. The van der Waals surface area contributed by atoms with Crippen molar-refractivity contribution in [3.63, 3.8) is 0 Å². The molecule has 0 saturated carbocycles. The summed E-state index contributed by atoms with van der Waals surface area (Å²) in [5.74, 6) is 0.443. The Kier molecular flexibility index (Phi) is 3.21. The highest BCUT2D eigenvalue weighted by molar-refractivity contribution is 6.02. The van der Waals surface area contributed by atoms with Crippen molar-refractivity contribution in [1.82, 2.24) is 10.6 Å². The molecule has 2 aliphatic rings. The van der Waals surface area contributed by atoms with Crippen LogP contribution < -0.4 is 16.0 Å². The van der Waals surface area contributed by atoms with Gasteiger partial charge in [-0.15, -0.1) is 0 Å². The highest BCUT2D eigenvalue weighted by atomic mass is 16.2. The van der Waals surface area contributed by atoms with Crippen LogP contribution in [0, 0.1) is 5.92 Å². The SMILES string of the molecule is O=C1Cc2ccc(C(=O)NCC3CCNC3)cc2N1. The van der Waals surface area contributed by atoms with E-state index >= 15 is 0 Å². The first kappa shape index (κ1) is 12.2. The number of benzene rings is 1. The Balaban J connectivity index is 1.63. The van der Waals surface area contributed by atoms with Gasteiger partial charge < -0.3 is 16.0 Å². The highest BCUT2D eigenvalue weighted by Gasteiger charge is 2.20. The molecule has 0 aromatic heterocycles. The molecule has 2 aliphatic heterocycles. The average Bonchev–Trinajstić information content (AvgIpc) is 3.02. The minimum Gasteiger partial charge on any atom is -0.352 e. The second kappa shape index (κ2) is 5.01. The number of hydrogen-bond donors (Lipinski definition) is 3. The lowest BCUT2D eigenvalue weighted by atomic mass is 10.1. The summed E-state index contributed by atoms with van der Waals surface area (Å²) in [6.07, 6.45) is 1.52. The van der Waals surface area contributed by atoms with Gasteiger partial charge in [0.15, 0.2) is 0 Å². The quantitative estimate of drug-likeness (QED) is 0.741. The van der Waals surface area contributed by atoms with E-state index in [1.807, 2.05) is 6.07 Å². The first-order valence-corrected chi connectivity index (χ1v) is 6.64. The van der Waals surface area contributed by atoms with Crippen LogP contribution in [-0.2, 0) is 11.2 Å². The van der Waals surface area contributed by atoms with Crippen LogP contribution >= 0.6 is 0 Å². The molecule has 5 nitrogen and oxygen atoms in total. The molecule has 19 heavy (non-hydrogen) atoms. The van der Waals surface area contributed by atoms with Crippen LogP contribution in [0.1, 0.15) is 22.3 Å². The molecule has 0 spiro atoms. The van der Waals surface area contributed by atoms with E-state index in [0.29, 0.717) is 24.4 Å². The molecule has 0 radical (unpaired) electrons. The van der Waals surface area contributed by atoms with Crippen molar-refractivity contribution >= 4 is 17.5 Å². The minimum absolute atomic E-state index is 0.00964. The number of fused-ring (bicyclic) bond motifs is 1. The van der Waals surface area contributed by atoms with E-state index in [2.05, 4.69) is 16.0 Å². The number of rotatable bonds is 3. The van der Waals surface area contributed by atoms with Crippen LogP contribution in [-0.4, -0.2) is 31.4 Å². The summed E-state index contributed by atoms with van der Waals surface area (Å²) in [6, 6.07) is 5.38. The van der Waals surface area contributed by atoms with Crippen LogP contribution in [0.5, 0.6) is 0 Å². The van der Waals surface area contributed by atoms with E-state index in [4.69, 9.17) is 0 Å². The molecule has 100 valence electrons. The molecule has 1 aromatic rings. The van der Waals surface area contributed by atoms with Gasteiger partial charge in [-0.1, -0.05) is 6.07 Å². The number of carbonyl (C=O) groups excluding carboxylic acids is 2. The third kappa shape index (κ3) is 2.61. The maximum absolute atomic E-state index is 12.0. The molecule has 5 heteroatoms. The van der Waals surface area contributed by atoms with Crippen molar-refractivity contribution in [2.45, 2.75) is 12.8 Å². The second-order valence-electron chi connectivity index (χ2n) is 5.17.